The summed E-state index contributed by atoms with van der Waals surface area (Å²) in [7, 11) is 0. The molecule has 142 valence electrons. The third-order valence-corrected chi connectivity index (χ3v) is 5.50. The van der Waals surface area contributed by atoms with Crippen molar-refractivity contribution in [2.45, 2.75) is 31.9 Å². The van der Waals surface area contributed by atoms with Gasteiger partial charge < -0.3 is 20.3 Å². The van der Waals surface area contributed by atoms with Crippen molar-refractivity contribution in [2.75, 3.05) is 25.0 Å². The van der Waals surface area contributed by atoms with Crippen LogP contribution in [0.15, 0.2) is 41.0 Å². The third kappa shape index (κ3) is 4.48. The van der Waals surface area contributed by atoms with Gasteiger partial charge in [-0.15, -0.1) is 0 Å². The van der Waals surface area contributed by atoms with E-state index in [2.05, 4.69) is 41.1 Å². The number of H-pyrrole nitrogens is 1. The van der Waals surface area contributed by atoms with Gasteiger partial charge in [0, 0.05) is 34.9 Å². The monoisotopic (exact) mass is 429 g/mol. The normalized spacial score (nSPS) is 16.5. The van der Waals surface area contributed by atoms with Gasteiger partial charge in [-0.2, -0.15) is 0 Å². The van der Waals surface area contributed by atoms with Gasteiger partial charge in [0.2, 0.25) is 0 Å². The van der Waals surface area contributed by atoms with Crippen LogP contribution in [0.1, 0.15) is 36.9 Å². The van der Waals surface area contributed by atoms with Gasteiger partial charge in [0.05, 0.1) is 5.52 Å². The van der Waals surface area contributed by atoms with Crippen molar-refractivity contribution < 1.29 is 5.11 Å². The summed E-state index contributed by atoms with van der Waals surface area (Å²) in [6.07, 6.45) is 5.64. The number of piperidine rings is 1. The lowest BCUT2D eigenvalue weighted by atomic mass is 10.1. The molecule has 3 heterocycles. The summed E-state index contributed by atoms with van der Waals surface area (Å²) in [5.41, 5.74) is 3.03. The van der Waals surface area contributed by atoms with Crippen LogP contribution >= 0.6 is 15.9 Å². The van der Waals surface area contributed by atoms with Gasteiger partial charge in [0.25, 0.3) is 0 Å². The minimum Gasteiger partial charge on any atom is -0.369 e. The molecule has 7 heteroatoms. The summed E-state index contributed by atoms with van der Waals surface area (Å²) in [5, 5.41) is 13.8. The predicted molar refractivity (Wildman–Crippen MR) is 111 cm³/mol. The van der Waals surface area contributed by atoms with Crippen molar-refractivity contribution >= 4 is 32.8 Å². The lowest BCUT2D eigenvalue weighted by Crippen LogP contribution is -2.31. The van der Waals surface area contributed by atoms with Crippen molar-refractivity contribution in [3.05, 3.63) is 52.4 Å². The highest BCUT2D eigenvalue weighted by Crippen LogP contribution is 2.25. The molecule has 1 aliphatic heterocycles. The average molecular weight is 430 g/mol. The Hall–Kier alpha value is -1.96. The van der Waals surface area contributed by atoms with E-state index in [0.29, 0.717) is 5.65 Å². The fraction of sp³-hybridized carbons (Fsp3) is 0.400. The zero-order chi connectivity index (χ0) is 18.6. The summed E-state index contributed by atoms with van der Waals surface area (Å²) in [6.45, 7) is 3.37. The molecule has 0 spiro atoms. The number of nitrogens with one attached hydrogen (secondary N) is 2. The van der Waals surface area contributed by atoms with E-state index in [0.717, 1.165) is 40.0 Å². The van der Waals surface area contributed by atoms with E-state index < -0.39 is 6.23 Å². The quantitative estimate of drug-likeness (QED) is 0.518. The van der Waals surface area contributed by atoms with Crippen LogP contribution in [-0.2, 0) is 6.42 Å². The first-order valence-corrected chi connectivity index (χ1v) is 10.2. The third-order valence-electron chi connectivity index (χ3n) is 5.01. The van der Waals surface area contributed by atoms with E-state index in [-0.39, 0.29) is 0 Å². The molecule has 2 aromatic heterocycles. The molecule has 0 radical (unpaired) electrons. The minimum atomic E-state index is -0.847. The smallest absolute Gasteiger partial charge is 0.178 e. The average Bonchev–Trinajstić information content (AvgIpc) is 3.10. The lowest BCUT2D eigenvalue weighted by molar-refractivity contribution is 0.209. The van der Waals surface area contributed by atoms with Crippen LogP contribution in [0, 0.1) is 0 Å². The number of halogens is 1. The van der Waals surface area contributed by atoms with Gasteiger partial charge in [0.15, 0.2) is 11.9 Å². The highest BCUT2D eigenvalue weighted by molar-refractivity contribution is 9.10. The number of nitrogens with zero attached hydrogens (tertiary/aromatic N) is 3. The molecule has 3 aromatic rings. The molecule has 1 atom stereocenters. The summed E-state index contributed by atoms with van der Waals surface area (Å²) in [4.78, 5) is 14.8. The van der Waals surface area contributed by atoms with Crippen molar-refractivity contribution in [1.29, 1.82) is 0 Å². The summed E-state index contributed by atoms with van der Waals surface area (Å²) in [5.74, 6) is 0.921. The molecule has 0 amide bonds. The van der Waals surface area contributed by atoms with Gasteiger partial charge in [-0.25, -0.2) is 9.97 Å². The molecule has 1 saturated heterocycles. The first-order valence-electron chi connectivity index (χ1n) is 9.45. The maximum absolute atomic E-state index is 10.7. The number of aliphatic hydroxyl groups excluding tert-OH is 1. The van der Waals surface area contributed by atoms with Crippen molar-refractivity contribution in [3.8, 4) is 0 Å². The molecule has 1 unspecified atom stereocenters. The molecule has 0 aliphatic carbocycles. The maximum Gasteiger partial charge on any atom is 0.178 e. The molecule has 1 aliphatic rings. The Labute approximate surface area is 167 Å². The Bertz CT molecular complexity index is 906. The Balaban J connectivity index is 1.50. The van der Waals surface area contributed by atoms with Gasteiger partial charge in [-0.05, 0) is 50.2 Å². The Morgan fingerprint density at radius 2 is 2.07 bits per heavy atom. The van der Waals surface area contributed by atoms with E-state index in [1.54, 1.807) is 6.20 Å². The molecule has 4 rings (SSSR count). The van der Waals surface area contributed by atoms with E-state index in [9.17, 15) is 5.11 Å². The molecular weight excluding hydrogens is 406 g/mol. The highest BCUT2D eigenvalue weighted by atomic mass is 79.9. The number of hydrogen-bond acceptors (Lipinski definition) is 5. The number of aliphatic hydroxyl groups is 1. The number of imidazole rings is 1. The second-order valence-electron chi connectivity index (χ2n) is 6.99. The SMILES string of the molecule is OC(Nc1cccc(Br)c1)c1ccnc2nc(CCN3CCCCC3)[nH]c12. The van der Waals surface area contributed by atoms with E-state index >= 15 is 0 Å². The molecule has 0 bridgehead atoms. The first-order chi connectivity index (χ1) is 13.2. The molecule has 27 heavy (non-hydrogen) atoms. The Morgan fingerprint density at radius 3 is 2.89 bits per heavy atom. The molecule has 1 fully saturated rings. The zero-order valence-electron chi connectivity index (χ0n) is 15.2. The number of hydrogen-bond donors (Lipinski definition) is 3. The summed E-state index contributed by atoms with van der Waals surface area (Å²) < 4.78 is 0.959. The molecule has 1 aromatic carbocycles. The predicted octanol–water partition coefficient (Wildman–Crippen LogP) is 3.85. The van der Waals surface area contributed by atoms with Crippen molar-refractivity contribution in [3.63, 3.8) is 0 Å². The second-order valence-corrected chi connectivity index (χ2v) is 7.91. The fourth-order valence-corrected chi connectivity index (χ4v) is 3.98. The van der Waals surface area contributed by atoms with Crippen LogP contribution in [0.4, 0.5) is 5.69 Å². The minimum absolute atomic E-state index is 0.649. The largest absolute Gasteiger partial charge is 0.369 e. The van der Waals surface area contributed by atoms with Gasteiger partial charge >= 0.3 is 0 Å². The summed E-state index contributed by atoms with van der Waals surface area (Å²) in [6, 6.07) is 9.55. The van der Waals surface area contributed by atoms with Crippen molar-refractivity contribution in [1.82, 2.24) is 19.9 Å². The van der Waals surface area contributed by atoms with Gasteiger partial charge in [-0.3, -0.25) is 0 Å². The number of anilines is 1. The molecule has 6 nitrogen and oxygen atoms in total. The second kappa shape index (κ2) is 8.37. The number of likely N-dealkylation sites (tertiary alicyclic amines) is 1. The van der Waals surface area contributed by atoms with Gasteiger partial charge in [-0.1, -0.05) is 28.4 Å². The molecule has 3 N–H and O–H groups in total. The molecular formula is C20H24BrN5O. The number of benzene rings is 1. The van der Waals surface area contributed by atoms with Crippen molar-refractivity contribution in [2.24, 2.45) is 0 Å². The lowest BCUT2D eigenvalue weighted by Gasteiger charge is -2.25. The van der Waals surface area contributed by atoms with E-state index in [1.165, 1.54) is 32.4 Å². The van der Waals surface area contributed by atoms with E-state index in [4.69, 9.17) is 0 Å². The number of fused-ring (bicyclic) bond motifs is 1. The topological polar surface area (TPSA) is 77.1 Å². The number of aromatic nitrogens is 3. The standard InChI is InChI=1S/C20H24BrN5O/c21-14-5-4-6-15(13-14)23-20(27)16-7-9-22-19-18(16)24-17(25-19)8-12-26-10-2-1-3-11-26/h4-7,9,13,20,23,27H,1-3,8,10-12H2,(H,22,24,25). The van der Waals surface area contributed by atoms with Crippen LogP contribution in [0.3, 0.4) is 0 Å². The zero-order valence-corrected chi connectivity index (χ0v) is 16.7. The number of aromatic amines is 1. The summed E-state index contributed by atoms with van der Waals surface area (Å²) >= 11 is 3.45. The van der Waals surface area contributed by atoms with Crippen LogP contribution in [-0.4, -0.2) is 44.6 Å². The van der Waals surface area contributed by atoms with Crippen LogP contribution in [0.25, 0.3) is 11.2 Å². The first kappa shape index (κ1) is 18.4. The Morgan fingerprint density at radius 1 is 1.22 bits per heavy atom. The van der Waals surface area contributed by atoms with Crippen LogP contribution in [0.5, 0.6) is 0 Å². The maximum atomic E-state index is 10.7. The van der Waals surface area contributed by atoms with Crippen LogP contribution in [0.2, 0.25) is 0 Å². The Kier molecular flexibility index (Phi) is 5.71. The highest BCUT2D eigenvalue weighted by Gasteiger charge is 2.16. The van der Waals surface area contributed by atoms with Gasteiger partial charge in [0.1, 0.15) is 5.82 Å². The van der Waals surface area contributed by atoms with Crippen LogP contribution < -0.4 is 5.32 Å². The fourth-order valence-electron chi connectivity index (χ4n) is 3.59. The molecule has 0 saturated carbocycles. The number of rotatable bonds is 6. The van der Waals surface area contributed by atoms with E-state index in [1.807, 2.05) is 30.3 Å². The number of pyridine rings is 1.